The maximum absolute atomic E-state index is 13.5. The Balaban J connectivity index is 1.41. The zero-order chi connectivity index (χ0) is 23.4. The quantitative estimate of drug-likeness (QED) is 0.570. The van der Waals surface area contributed by atoms with E-state index in [1.807, 2.05) is 13.0 Å². The highest BCUT2D eigenvalue weighted by Crippen LogP contribution is 2.29. The Morgan fingerprint density at radius 1 is 1.15 bits per heavy atom. The third kappa shape index (κ3) is 5.78. The van der Waals surface area contributed by atoms with Gasteiger partial charge in [-0.1, -0.05) is 12.1 Å². The highest BCUT2D eigenvalue weighted by atomic mass is 19.1. The summed E-state index contributed by atoms with van der Waals surface area (Å²) in [5.41, 5.74) is 2.97. The zero-order valence-corrected chi connectivity index (χ0v) is 19.0. The van der Waals surface area contributed by atoms with Crippen LogP contribution >= 0.6 is 0 Å². The summed E-state index contributed by atoms with van der Waals surface area (Å²) < 4.78 is 13.5. The molecule has 0 aliphatic heterocycles. The highest BCUT2D eigenvalue weighted by Gasteiger charge is 2.22. The number of carbonyl (C=O) groups is 1. The molecule has 0 atom stereocenters. The fraction of sp³-hybridized carbons (Fsp3) is 0.458. The minimum absolute atomic E-state index is 0.263. The first-order chi connectivity index (χ1) is 15.9. The molecule has 0 spiro atoms. The smallest absolute Gasteiger partial charge is 0.270 e. The molecule has 3 aromatic rings. The van der Waals surface area contributed by atoms with Crippen LogP contribution in [0.1, 0.15) is 53.0 Å². The molecule has 2 N–H and O–H groups in total. The molecule has 2 heterocycles. The van der Waals surface area contributed by atoms with Gasteiger partial charge in [0.15, 0.2) is 0 Å². The average molecular weight is 453 g/mol. The number of amides is 1. The van der Waals surface area contributed by atoms with Gasteiger partial charge >= 0.3 is 0 Å². The van der Waals surface area contributed by atoms with E-state index < -0.39 is 0 Å². The molecule has 4 rings (SSSR count). The summed E-state index contributed by atoms with van der Waals surface area (Å²) in [5.74, 6) is 0.749. The van der Waals surface area contributed by atoms with E-state index in [2.05, 4.69) is 25.7 Å². The summed E-state index contributed by atoms with van der Waals surface area (Å²) in [6, 6.07) is 8.24. The topological polar surface area (TPSA) is 106 Å². The van der Waals surface area contributed by atoms with Crippen molar-refractivity contribution >= 4 is 5.91 Å². The standard InChI is InChI=1S/C24H29FN6O2/c1-15-9-19(7-8-21(15)25)12-26-24(33)22-11-20(10-16(2)27-22)23-28-30-31(29-23)13-17-3-5-18(14-32)6-4-17/h7-11,17-18,32H,3-6,12-14H2,1-2H3,(H,26,33). The van der Waals surface area contributed by atoms with Gasteiger partial charge in [-0.15, -0.1) is 10.2 Å². The summed E-state index contributed by atoms with van der Waals surface area (Å²) >= 11 is 0. The number of aryl methyl sites for hydroxylation is 2. The second-order valence-corrected chi connectivity index (χ2v) is 8.89. The molecule has 1 aliphatic rings. The van der Waals surface area contributed by atoms with Crippen molar-refractivity contribution in [1.29, 1.82) is 0 Å². The number of nitrogens with one attached hydrogen (secondary N) is 1. The normalized spacial score (nSPS) is 18.3. The number of tetrazole rings is 1. The summed E-state index contributed by atoms with van der Waals surface area (Å²) in [6.45, 7) is 4.74. The Morgan fingerprint density at radius 2 is 1.91 bits per heavy atom. The van der Waals surface area contributed by atoms with E-state index in [9.17, 15) is 14.3 Å². The molecule has 1 fully saturated rings. The monoisotopic (exact) mass is 452 g/mol. The van der Waals surface area contributed by atoms with Crippen LogP contribution < -0.4 is 5.32 Å². The van der Waals surface area contributed by atoms with E-state index in [0.29, 0.717) is 41.0 Å². The van der Waals surface area contributed by atoms with Crippen LogP contribution in [0.2, 0.25) is 0 Å². The van der Waals surface area contributed by atoms with Crippen LogP contribution in [0, 0.1) is 31.5 Å². The van der Waals surface area contributed by atoms with Crippen molar-refractivity contribution in [3.63, 3.8) is 0 Å². The SMILES string of the molecule is Cc1cc(-c2nnn(CC3CCC(CO)CC3)n2)cc(C(=O)NCc2ccc(F)c(C)c2)n1. The predicted molar refractivity (Wildman–Crippen MR) is 121 cm³/mol. The number of aliphatic hydroxyl groups is 1. The molecule has 1 saturated carbocycles. The lowest BCUT2D eigenvalue weighted by atomic mass is 9.82. The summed E-state index contributed by atoms with van der Waals surface area (Å²) in [6.07, 6.45) is 4.16. The number of benzene rings is 1. The van der Waals surface area contributed by atoms with Gasteiger partial charge in [-0.2, -0.15) is 4.80 Å². The molecule has 8 nitrogen and oxygen atoms in total. The molecular formula is C24H29FN6O2. The van der Waals surface area contributed by atoms with E-state index in [-0.39, 0.29) is 30.6 Å². The molecule has 1 aliphatic carbocycles. The van der Waals surface area contributed by atoms with Crippen molar-refractivity contribution in [2.45, 2.75) is 52.6 Å². The largest absolute Gasteiger partial charge is 0.396 e. The van der Waals surface area contributed by atoms with Crippen molar-refractivity contribution in [2.75, 3.05) is 6.61 Å². The van der Waals surface area contributed by atoms with Gasteiger partial charge in [-0.25, -0.2) is 9.37 Å². The number of hydrogen-bond acceptors (Lipinski definition) is 6. The van der Waals surface area contributed by atoms with Crippen molar-refractivity contribution in [2.24, 2.45) is 11.8 Å². The van der Waals surface area contributed by atoms with Gasteiger partial charge in [0.05, 0.1) is 6.54 Å². The lowest BCUT2D eigenvalue weighted by molar-refractivity contribution is 0.0945. The summed E-state index contributed by atoms with van der Waals surface area (Å²) in [5, 5.41) is 25.0. The van der Waals surface area contributed by atoms with Crippen molar-refractivity contribution in [1.82, 2.24) is 30.5 Å². The molecule has 0 saturated heterocycles. The van der Waals surface area contributed by atoms with Crippen molar-refractivity contribution < 1.29 is 14.3 Å². The highest BCUT2D eigenvalue weighted by molar-refractivity contribution is 5.93. The van der Waals surface area contributed by atoms with Gasteiger partial charge in [0.25, 0.3) is 5.91 Å². The lowest BCUT2D eigenvalue weighted by Crippen LogP contribution is -2.24. The number of rotatable bonds is 7. The first kappa shape index (κ1) is 23.0. The van der Waals surface area contributed by atoms with Crippen LogP contribution in [-0.2, 0) is 13.1 Å². The van der Waals surface area contributed by atoms with Crippen LogP contribution in [0.15, 0.2) is 30.3 Å². The van der Waals surface area contributed by atoms with Crippen LogP contribution in [0.4, 0.5) is 4.39 Å². The number of halogens is 1. The molecule has 0 radical (unpaired) electrons. The Morgan fingerprint density at radius 3 is 2.64 bits per heavy atom. The maximum Gasteiger partial charge on any atom is 0.270 e. The maximum atomic E-state index is 13.5. The second kappa shape index (κ2) is 10.2. The van der Waals surface area contributed by atoms with Gasteiger partial charge in [0.1, 0.15) is 11.5 Å². The van der Waals surface area contributed by atoms with Gasteiger partial charge < -0.3 is 10.4 Å². The second-order valence-electron chi connectivity index (χ2n) is 8.89. The molecule has 9 heteroatoms. The Kier molecular flexibility index (Phi) is 7.08. The molecule has 1 aromatic carbocycles. The van der Waals surface area contributed by atoms with E-state index in [1.54, 1.807) is 29.9 Å². The number of aromatic nitrogens is 5. The van der Waals surface area contributed by atoms with Crippen LogP contribution in [0.25, 0.3) is 11.4 Å². The Bertz CT molecular complexity index is 1120. The minimum Gasteiger partial charge on any atom is -0.396 e. The van der Waals surface area contributed by atoms with Gasteiger partial charge in [0.2, 0.25) is 5.82 Å². The first-order valence-electron chi connectivity index (χ1n) is 11.3. The number of nitrogens with zero attached hydrogens (tertiary/aromatic N) is 5. The zero-order valence-electron chi connectivity index (χ0n) is 19.0. The van der Waals surface area contributed by atoms with E-state index in [1.165, 1.54) is 6.07 Å². The fourth-order valence-electron chi connectivity index (χ4n) is 4.27. The molecule has 2 aromatic heterocycles. The Labute approximate surface area is 192 Å². The number of aliphatic hydroxyl groups excluding tert-OH is 1. The number of hydrogen-bond donors (Lipinski definition) is 2. The predicted octanol–water partition coefficient (Wildman–Crippen LogP) is 3.22. The molecule has 174 valence electrons. The van der Waals surface area contributed by atoms with E-state index >= 15 is 0 Å². The fourth-order valence-corrected chi connectivity index (χ4v) is 4.27. The third-order valence-electron chi connectivity index (χ3n) is 6.22. The van der Waals surface area contributed by atoms with Gasteiger partial charge in [-0.3, -0.25) is 4.79 Å². The first-order valence-corrected chi connectivity index (χ1v) is 11.3. The van der Waals surface area contributed by atoms with Crippen LogP contribution in [-0.4, -0.2) is 42.8 Å². The number of carbonyl (C=O) groups excluding carboxylic acids is 1. The molecular weight excluding hydrogens is 423 g/mol. The molecule has 33 heavy (non-hydrogen) atoms. The molecule has 0 bridgehead atoms. The molecule has 0 unspecified atom stereocenters. The van der Waals surface area contributed by atoms with Crippen LogP contribution in [0.3, 0.4) is 0 Å². The van der Waals surface area contributed by atoms with E-state index in [0.717, 1.165) is 31.2 Å². The summed E-state index contributed by atoms with van der Waals surface area (Å²) in [4.78, 5) is 18.7. The van der Waals surface area contributed by atoms with Gasteiger partial charge in [-0.05, 0) is 85.9 Å². The Hall–Kier alpha value is -3.20. The van der Waals surface area contributed by atoms with Crippen molar-refractivity contribution in [3.05, 3.63) is 58.7 Å². The summed E-state index contributed by atoms with van der Waals surface area (Å²) in [7, 11) is 0. The number of pyridine rings is 1. The average Bonchev–Trinajstić information content (AvgIpc) is 3.28. The minimum atomic E-state index is -0.324. The van der Waals surface area contributed by atoms with Gasteiger partial charge in [0, 0.05) is 24.4 Å². The molecule has 1 amide bonds. The van der Waals surface area contributed by atoms with Crippen molar-refractivity contribution in [3.8, 4) is 11.4 Å². The lowest BCUT2D eigenvalue weighted by Gasteiger charge is -2.26. The van der Waals surface area contributed by atoms with E-state index in [4.69, 9.17) is 0 Å². The third-order valence-corrected chi connectivity index (χ3v) is 6.22. The van der Waals surface area contributed by atoms with Crippen LogP contribution in [0.5, 0.6) is 0 Å².